The van der Waals surface area contributed by atoms with Gasteiger partial charge in [-0.3, -0.25) is 9.59 Å². The van der Waals surface area contributed by atoms with E-state index in [9.17, 15) is 14.0 Å². The van der Waals surface area contributed by atoms with Crippen LogP contribution in [0.15, 0.2) is 48.5 Å². The largest absolute Gasteiger partial charge is 0.370 e. The van der Waals surface area contributed by atoms with E-state index in [0.717, 1.165) is 16.8 Å². The van der Waals surface area contributed by atoms with Crippen molar-refractivity contribution >= 4 is 29.7 Å². The molecular formula is C20H19FN2O2. The maximum atomic E-state index is 13.2. The van der Waals surface area contributed by atoms with E-state index in [4.69, 9.17) is 5.73 Å². The first kappa shape index (κ1) is 16.9. The molecule has 1 fully saturated rings. The Hall–Kier alpha value is -2.95. The van der Waals surface area contributed by atoms with Crippen LogP contribution < -0.4 is 10.6 Å². The summed E-state index contributed by atoms with van der Waals surface area (Å²) >= 11 is 0. The van der Waals surface area contributed by atoms with Gasteiger partial charge < -0.3 is 10.6 Å². The first-order valence-corrected chi connectivity index (χ1v) is 8.13. The molecule has 0 radical (unpaired) electrons. The lowest BCUT2D eigenvalue weighted by molar-refractivity contribution is -0.119. The lowest BCUT2D eigenvalue weighted by Crippen LogP contribution is -2.25. The van der Waals surface area contributed by atoms with Gasteiger partial charge in [-0.1, -0.05) is 36.4 Å². The highest BCUT2D eigenvalue weighted by Crippen LogP contribution is 2.27. The van der Waals surface area contributed by atoms with Crippen molar-refractivity contribution in [2.24, 2.45) is 11.7 Å². The molecule has 1 unspecified atom stereocenters. The summed E-state index contributed by atoms with van der Waals surface area (Å²) in [6.07, 6.45) is 4.31. The van der Waals surface area contributed by atoms with Crippen LogP contribution in [0.25, 0.3) is 12.2 Å². The lowest BCUT2D eigenvalue weighted by atomic mass is 10.0. The number of primary amides is 1. The number of nitrogens with two attached hydrogens (primary N) is 1. The van der Waals surface area contributed by atoms with Gasteiger partial charge in [0.05, 0.1) is 0 Å². The average Bonchev–Trinajstić information content (AvgIpc) is 2.93. The third-order valence-corrected chi connectivity index (χ3v) is 4.22. The molecule has 0 aliphatic carbocycles. The number of benzene rings is 2. The molecule has 2 amide bonds. The number of carbonyl (C=O) groups is 2. The molecule has 0 bridgehead atoms. The second-order valence-electron chi connectivity index (χ2n) is 6.22. The lowest BCUT2D eigenvalue weighted by Gasteiger charge is -2.16. The van der Waals surface area contributed by atoms with Crippen molar-refractivity contribution < 1.29 is 14.0 Å². The molecule has 0 spiro atoms. The normalized spacial score (nSPS) is 17.4. The first-order valence-electron chi connectivity index (χ1n) is 8.13. The number of hydrogen-bond donors (Lipinski definition) is 1. The Labute approximate surface area is 145 Å². The topological polar surface area (TPSA) is 63.4 Å². The molecule has 1 atom stereocenters. The predicted octanol–water partition coefficient (Wildman–Crippen LogP) is 3.22. The molecule has 2 N–H and O–H groups in total. The average molecular weight is 338 g/mol. The monoisotopic (exact) mass is 338 g/mol. The van der Waals surface area contributed by atoms with Gasteiger partial charge in [0.25, 0.3) is 0 Å². The predicted molar refractivity (Wildman–Crippen MR) is 96.0 cm³/mol. The van der Waals surface area contributed by atoms with Gasteiger partial charge >= 0.3 is 0 Å². The Bertz CT molecular complexity index is 815. The molecule has 2 aromatic rings. The Balaban J connectivity index is 1.68. The Morgan fingerprint density at radius 1 is 1.16 bits per heavy atom. The van der Waals surface area contributed by atoms with Crippen LogP contribution in [0, 0.1) is 11.7 Å². The fraction of sp³-hybridized carbons (Fsp3) is 0.200. The van der Waals surface area contributed by atoms with Crippen LogP contribution in [0.1, 0.15) is 24.0 Å². The maximum absolute atomic E-state index is 13.2. The van der Waals surface area contributed by atoms with Gasteiger partial charge in [0.15, 0.2) is 0 Å². The fourth-order valence-corrected chi connectivity index (χ4v) is 3.02. The highest BCUT2D eigenvalue weighted by atomic mass is 19.1. The zero-order valence-electron chi connectivity index (χ0n) is 13.7. The number of anilines is 1. The van der Waals surface area contributed by atoms with E-state index in [-0.39, 0.29) is 30.0 Å². The zero-order valence-corrected chi connectivity index (χ0v) is 13.7. The van der Waals surface area contributed by atoms with Gasteiger partial charge in [0.2, 0.25) is 11.8 Å². The molecule has 128 valence electrons. The standard InChI is InChI=1S/C20H19FN2O2/c21-17-3-1-2-15(10-17)5-4-14-6-8-18(9-7-14)23-13-16(11-19(22)24)12-20(23)25/h1-10,16H,11-13H2,(H2,22,24). The van der Waals surface area contributed by atoms with Crippen molar-refractivity contribution in [3.63, 3.8) is 0 Å². The minimum absolute atomic E-state index is 0.00861. The molecule has 4 nitrogen and oxygen atoms in total. The highest BCUT2D eigenvalue weighted by molar-refractivity contribution is 5.96. The van der Waals surface area contributed by atoms with Crippen molar-refractivity contribution in [1.82, 2.24) is 0 Å². The molecular weight excluding hydrogens is 319 g/mol. The molecule has 0 saturated carbocycles. The smallest absolute Gasteiger partial charge is 0.227 e. The van der Waals surface area contributed by atoms with Gasteiger partial charge in [-0.25, -0.2) is 4.39 Å². The third kappa shape index (κ3) is 4.32. The van der Waals surface area contributed by atoms with Crippen LogP contribution in [0.5, 0.6) is 0 Å². The minimum Gasteiger partial charge on any atom is -0.370 e. The molecule has 5 heteroatoms. The maximum Gasteiger partial charge on any atom is 0.227 e. The van der Waals surface area contributed by atoms with Crippen LogP contribution >= 0.6 is 0 Å². The number of amides is 2. The van der Waals surface area contributed by atoms with Crippen LogP contribution in [0.4, 0.5) is 10.1 Å². The summed E-state index contributed by atoms with van der Waals surface area (Å²) in [5.74, 6) is -0.653. The van der Waals surface area contributed by atoms with Crippen LogP contribution in [0.2, 0.25) is 0 Å². The van der Waals surface area contributed by atoms with E-state index in [2.05, 4.69) is 0 Å². The summed E-state index contributed by atoms with van der Waals surface area (Å²) in [7, 11) is 0. The molecule has 1 aliphatic heterocycles. The third-order valence-electron chi connectivity index (χ3n) is 4.22. The van der Waals surface area contributed by atoms with Crippen LogP contribution in [-0.4, -0.2) is 18.4 Å². The molecule has 1 heterocycles. The van der Waals surface area contributed by atoms with Gasteiger partial charge in [-0.2, -0.15) is 0 Å². The second kappa shape index (κ2) is 7.30. The van der Waals surface area contributed by atoms with E-state index in [1.807, 2.05) is 42.5 Å². The number of halogens is 1. The van der Waals surface area contributed by atoms with Crippen molar-refractivity contribution in [2.45, 2.75) is 12.8 Å². The van der Waals surface area contributed by atoms with Crippen molar-refractivity contribution in [3.05, 3.63) is 65.5 Å². The molecule has 1 aliphatic rings. The van der Waals surface area contributed by atoms with E-state index in [0.29, 0.717) is 13.0 Å². The summed E-state index contributed by atoms with van der Waals surface area (Å²) in [5, 5.41) is 0. The molecule has 0 aromatic heterocycles. The number of hydrogen-bond acceptors (Lipinski definition) is 2. The Morgan fingerprint density at radius 3 is 2.56 bits per heavy atom. The van der Waals surface area contributed by atoms with Crippen molar-refractivity contribution in [3.8, 4) is 0 Å². The van der Waals surface area contributed by atoms with Crippen LogP contribution in [-0.2, 0) is 9.59 Å². The number of rotatable bonds is 5. The summed E-state index contributed by atoms with van der Waals surface area (Å²) in [5.41, 5.74) is 7.76. The number of carbonyl (C=O) groups excluding carboxylic acids is 2. The zero-order chi connectivity index (χ0) is 17.8. The van der Waals surface area contributed by atoms with E-state index >= 15 is 0 Å². The van der Waals surface area contributed by atoms with E-state index in [1.165, 1.54) is 12.1 Å². The van der Waals surface area contributed by atoms with Gasteiger partial charge in [0.1, 0.15) is 5.82 Å². The fourth-order valence-electron chi connectivity index (χ4n) is 3.02. The summed E-state index contributed by atoms with van der Waals surface area (Å²) in [6, 6.07) is 13.9. The van der Waals surface area contributed by atoms with Gasteiger partial charge in [-0.05, 0) is 41.3 Å². The summed E-state index contributed by atoms with van der Waals surface area (Å²) < 4.78 is 13.2. The van der Waals surface area contributed by atoms with Crippen LogP contribution in [0.3, 0.4) is 0 Å². The second-order valence-corrected chi connectivity index (χ2v) is 6.22. The van der Waals surface area contributed by atoms with E-state index in [1.54, 1.807) is 11.0 Å². The Morgan fingerprint density at radius 2 is 1.88 bits per heavy atom. The molecule has 3 rings (SSSR count). The van der Waals surface area contributed by atoms with E-state index < -0.39 is 0 Å². The molecule has 2 aromatic carbocycles. The summed E-state index contributed by atoms with van der Waals surface area (Å²) in [6.45, 7) is 0.514. The molecule has 1 saturated heterocycles. The quantitative estimate of drug-likeness (QED) is 0.851. The SMILES string of the molecule is NC(=O)CC1CC(=O)N(c2ccc(C=Cc3cccc(F)c3)cc2)C1. The number of nitrogens with zero attached hydrogens (tertiary/aromatic N) is 1. The van der Waals surface area contributed by atoms with Gasteiger partial charge in [0, 0.05) is 25.1 Å². The highest BCUT2D eigenvalue weighted by Gasteiger charge is 2.31. The minimum atomic E-state index is -0.377. The van der Waals surface area contributed by atoms with Crippen molar-refractivity contribution in [2.75, 3.05) is 11.4 Å². The first-order chi connectivity index (χ1) is 12.0. The Kier molecular flexibility index (Phi) is 4.93. The molecule has 25 heavy (non-hydrogen) atoms. The summed E-state index contributed by atoms with van der Waals surface area (Å²) in [4.78, 5) is 24.8. The van der Waals surface area contributed by atoms with Gasteiger partial charge in [-0.15, -0.1) is 0 Å². The van der Waals surface area contributed by atoms with Crippen molar-refractivity contribution in [1.29, 1.82) is 0 Å².